The van der Waals surface area contributed by atoms with Crippen molar-refractivity contribution in [2.24, 2.45) is 0 Å². The third-order valence-electron chi connectivity index (χ3n) is 3.58. The lowest BCUT2D eigenvalue weighted by Crippen LogP contribution is -2.08. The quantitative estimate of drug-likeness (QED) is 0.682. The van der Waals surface area contributed by atoms with Crippen LogP contribution >= 0.6 is 23.2 Å². The molecule has 0 saturated carbocycles. The Morgan fingerprint density at radius 1 is 1.05 bits per heavy atom. The Bertz CT molecular complexity index is 781. The van der Waals surface area contributed by atoms with Gasteiger partial charge in [-0.25, -0.2) is 4.98 Å². The van der Waals surface area contributed by atoms with E-state index in [-0.39, 0.29) is 0 Å². The van der Waals surface area contributed by atoms with Gasteiger partial charge in [0.05, 0.1) is 17.6 Å². The van der Waals surface area contributed by atoms with Gasteiger partial charge in [-0.1, -0.05) is 35.3 Å². The number of hydrogen-bond acceptors (Lipinski definition) is 2. The monoisotopic (exact) mass is 334 g/mol. The minimum absolute atomic E-state index is 0.641. The SMILES string of the molecule is COCCn1c(Cc2ccc(Cl)cc2)nc2cc(Cl)ccc21. The van der Waals surface area contributed by atoms with E-state index in [1.807, 2.05) is 42.5 Å². The largest absolute Gasteiger partial charge is 0.383 e. The van der Waals surface area contributed by atoms with E-state index in [0.29, 0.717) is 11.6 Å². The number of imidazole rings is 1. The fourth-order valence-electron chi connectivity index (χ4n) is 2.50. The number of fused-ring (bicyclic) bond motifs is 1. The summed E-state index contributed by atoms with van der Waals surface area (Å²) in [7, 11) is 1.70. The highest BCUT2D eigenvalue weighted by atomic mass is 35.5. The van der Waals surface area contributed by atoms with Crippen LogP contribution in [-0.4, -0.2) is 23.3 Å². The molecule has 1 aromatic heterocycles. The first-order valence-electron chi connectivity index (χ1n) is 7.05. The van der Waals surface area contributed by atoms with Crippen LogP contribution in [0.4, 0.5) is 0 Å². The molecular formula is C17H16Cl2N2O. The van der Waals surface area contributed by atoms with E-state index in [9.17, 15) is 0 Å². The lowest BCUT2D eigenvalue weighted by atomic mass is 10.1. The molecule has 2 aromatic carbocycles. The second-order valence-electron chi connectivity index (χ2n) is 5.11. The maximum Gasteiger partial charge on any atom is 0.114 e. The van der Waals surface area contributed by atoms with Gasteiger partial charge in [0.2, 0.25) is 0 Å². The Morgan fingerprint density at radius 3 is 2.50 bits per heavy atom. The third kappa shape index (κ3) is 3.27. The Morgan fingerprint density at radius 2 is 1.77 bits per heavy atom. The molecule has 0 unspecified atom stereocenters. The number of hydrogen-bond donors (Lipinski definition) is 0. The molecule has 3 nitrogen and oxygen atoms in total. The summed E-state index contributed by atoms with van der Waals surface area (Å²) in [5, 5.41) is 1.44. The van der Waals surface area contributed by atoms with Crippen LogP contribution in [0.3, 0.4) is 0 Å². The van der Waals surface area contributed by atoms with Gasteiger partial charge in [0.15, 0.2) is 0 Å². The summed E-state index contributed by atoms with van der Waals surface area (Å²) in [6, 6.07) is 13.6. The maximum absolute atomic E-state index is 6.07. The van der Waals surface area contributed by atoms with Gasteiger partial charge in [-0.05, 0) is 35.9 Å². The molecule has 1 heterocycles. The summed E-state index contributed by atoms with van der Waals surface area (Å²) in [5.41, 5.74) is 3.16. The Kier molecular flexibility index (Phi) is 4.67. The molecule has 22 heavy (non-hydrogen) atoms. The van der Waals surface area contributed by atoms with Crippen molar-refractivity contribution < 1.29 is 4.74 Å². The van der Waals surface area contributed by atoms with Gasteiger partial charge < -0.3 is 9.30 Å². The van der Waals surface area contributed by atoms with Crippen LogP contribution in [-0.2, 0) is 17.7 Å². The second kappa shape index (κ2) is 6.69. The molecule has 0 aliphatic rings. The Labute approximate surface area is 139 Å². The summed E-state index contributed by atoms with van der Waals surface area (Å²) in [6.07, 6.45) is 0.743. The lowest BCUT2D eigenvalue weighted by molar-refractivity contribution is 0.187. The minimum Gasteiger partial charge on any atom is -0.383 e. The summed E-state index contributed by atoms with van der Waals surface area (Å²) < 4.78 is 7.40. The van der Waals surface area contributed by atoms with Crippen LogP contribution < -0.4 is 0 Å². The van der Waals surface area contributed by atoms with E-state index in [1.165, 1.54) is 5.56 Å². The smallest absolute Gasteiger partial charge is 0.114 e. The van der Waals surface area contributed by atoms with Crippen molar-refractivity contribution >= 4 is 34.2 Å². The maximum atomic E-state index is 6.07. The van der Waals surface area contributed by atoms with Gasteiger partial charge in [-0.15, -0.1) is 0 Å². The molecular weight excluding hydrogens is 319 g/mol. The van der Waals surface area contributed by atoms with E-state index in [0.717, 1.165) is 34.8 Å². The van der Waals surface area contributed by atoms with Crippen LogP contribution in [0.2, 0.25) is 10.0 Å². The van der Waals surface area contributed by atoms with Gasteiger partial charge in [0.25, 0.3) is 0 Å². The highest BCUT2D eigenvalue weighted by Crippen LogP contribution is 2.22. The van der Waals surface area contributed by atoms with Crippen molar-refractivity contribution in [1.29, 1.82) is 0 Å². The zero-order valence-corrected chi connectivity index (χ0v) is 13.7. The van der Waals surface area contributed by atoms with Crippen molar-refractivity contribution in [3.8, 4) is 0 Å². The molecule has 0 fully saturated rings. The molecule has 0 atom stereocenters. The van der Waals surface area contributed by atoms with Gasteiger partial charge in [0, 0.05) is 30.1 Å². The number of ether oxygens (including phenoxy) is 1. The Balaban J connectivity index is 2.00. The van der Waals surface area contributed by atoms with Crippen molar-refractivity contribution in [3.05, 3.63) is 63.9 Å². The zero-order valence-electron chi connectivity index (χ0n) is 12.2. The summed E-state index contributed by atoms with van der Waals surface area (Å²) in [6.45, 7) is 1.40. The van der Waals surface area contributed by atoms with Crippen LogP contribution in [0, 0.1) is 0 Å². The van der Waals surface area contributed by atoms with Crippen LogP contribution in [0.25, 0.3) is 11.0 Å². The zero-order chi connectivity index (χ0) is 15.5. The predicted molar refractivity (Wildman–Crippen MR) is 90.9 cm³/mol. The summed E-state index contributed by atoms with van der Waals surface area (Å²) in [5.74, 6) is 0.997. The number of nitrogens with zero attached hydrogens (tertiary/aromatic N) is 2. The number of halogens is 2. The molecule has 5 heteroatoms. The average Bonchev–Trinajstić information content (AvgIpc) is 2.83. The first-order chi connectivity index (χ1) is 10.7. The molecule has 0 bridgehead atoms. The fraction of sp³-hybridized carbons (Fsp3) is 0.235. The molecule has 0 aliphatic heterocycles. The molecule has 0 radical (unpaired) electrons. The van der Waals surface area contributed by atoms with E-state index >= 15 is 0 Å². The summed E-state index contributed by atoms with van der Waals surface area (Å²) in [4.78, 5) is 4.73. The fourth-order valence-corrected chi connectivity index (χ4v) is 2.80. The van der Waals surface area contributed by atoms with Gasteiger partial charge >= 0.3 is 0 Å². The van der Waals surface area contributed by atoms with Gasteiger partial charge in [-0.3, -0.25) is 0 Å². The predicted octanol–water partition coefficient (Wildman–Crippen LogP) is 4.58. The number of methoxy groups -OCH3 is 1. The van der Waals surface area contributed by atoms with E-state index in [4.69, 9.17) is 32.9 Å². The molecule has 3 rings (SSSR count). The van der Waals surface area contributed by atoms with Crippen molar-refractivity contribution in [1.82, 2.24) is 9.55 Å². The standard InChI is InChI=1S/C17H16Cl2N2O/c1-22-9-8-21-16-7-6-14(19)11-15(16)20-17(21)10-12-2-4-13(18)5-3-12/h2-7,11H,8-10H2,1H3. The van der Waals surface area contributed by atoms with Crippen molar-refractivity contribution in [2.45, 2.75) is 13.0 Å². The van der Waals surface area contributed by atoms with E-state index < -0.39 is 0 Å². The minimum atomic E-state index is 0.641. The van der Waals surface area contributed by atoms with Crippen LogP contribution in [0.1, 0.15) is 11.4 Å². The third-order valence-corrected chi connectivity index (χ3v) is 4.07. The highest BCUT2D eigenvalue weighted by molar-refractivity contribution is 6.31. The van der Waals surface area contributed by atoms with Crippen molar-refractivity contribution in [3.63, 3.8) is 0 Å². The first-order valence-corrected chi connectivity index (χ1v) is 7.81. The van der Waals surface area contributed by atoms with Crippen molar-refractivity contribution in [2.75, 3.05) is 13.7 Å². The molecule has 114 valence electrons. The Hall–Kier alpha value is -1.55. The van der Waals surface area contributed by atoms with Crippen LogP contribution in [0.15, 0.2) is 42.5 Å². The molecule has 0 aliphatic carbocycles. The lowest BCUT2D eigenvalue weighted by Gasteiger charge is -2.09. The molecule has 0 N–H and O–H groups in total. The highest BCUT2D eigenvalue weighted by Gasteiger charge is 2.11. The second-order valence-corrected chi connectivity index (χ2v) is 5.98. The number of benzene rings is 2. The molecule has 0 saturated heterocycles. The summed E-state index contributed by atoms with van der Waals surface area (Å²) >= 11 is 12.0. The average molecular weight is 335 g/mol. The topological polar surface area (TPSA) is 27.1 Å². The molecule has 0 spiro atoms. The van der Waals surface area contributed by atoms with Crippen LogP contribution in [0.5, 0.6) is 0 Å². The molecule has 0 amide bonds. The van der Waals surface area contributed by atoms with Gasteiger partial charge in [0.1, 0.15) is 5.82 Å². The number of aromatic nitrogens is 2. The number of rotatable bonds is 5. The van der Waals surface area contributed by atoms with E-state index in [1.54, 1.807) is 7.11 Å². The molecule has 3 aromatic rings. The van der Waals surface area contributed by atoms with E-state index in [2.05, 4.69) is 4.57 Å². The first kappa shape index (κ1) is 15.3. The normalized spacial score (nSPS) is 11.2. The van der Waals surface area contributed by atoms with Gasteiger partial charge in [-0.2, -0.15) is 0 Å².